The summed E-state index contributed by atoms with van der Waals surface area (Å²) >= 11 is 3.62. The van der Waals surface area contributed by atoms with E-state index in [0.29, 0.717) is 4.83 Å². The Hall–Kier alpha value is -1.02. The Morgan fingerprint density at radius 1 is 1.13 bits per heavy atom. The van der Waals surface area contributed by atoms with Crippen LogP contribution < -0.4 is 4.74 Å². The highest BCUT2D eigenvalue weighted by molar-refractivity contribution is 9.09. The van der Waals surface area contributed by atoms with Crippen LogP contribution in [0.2, 0.25) is 0 Å². The van der Waals surface area contributed by atoms with Crippen LogP contribution >= 0.6 is 15.9 Å². The summed E-state index contributed by atoms with van der Waals surface area (Å²) in [4.78, 5) is 0.290. The van der Waals surface area contributed by atoms with Crippen molar-refractivity contribution >= 4 is 26.7 Å². The molecular formula is C13H13BrO. The molecule has 0 amide bonds. The highest BCUT2D eigenvalue weighted by Gasteiger charge is 2.12. The first-order chi connectivity index (χ1) is 7.24. The van der Waals surface area contributed by atoms with E-state index in [2.05, 4.69) is 53.2 Å². The predicted molar refractivity (Wildman–Crippen MR) is 67.8 cm³/mol. The molecule has 2 heteroatoms. The Labute approximate surface area is 98.2 Å². The van der Waals surface area contributed by atoms with Gasteiger partial charge in [0.1, 0.15) is 5.75 Å². The number of hydrogen-bond donors (Lipinski definition) is 0. The zero-order valence-corrected chi connectivity index (χ0v) is 10.4. The number of fused-ring (bicyclic) bond motifs is 1. The zero-order chi connectivity index (χ0) is 10.8. The lowest BCUT2D eigenvalue weighted by molar-refractivity contribution is 0.411. The molecule has 2 aromatic rings. The maximum atomic E-state index is 5.38. The summed E-state index contributed by atoms with van der Waals surface area (Å²) in [6, 6.07) is 12.5. The molecule has 0 bridgehead atoms. The van der Waals surface area contributed by atoms with E-state index in [1.54, 1.807) is 7.11 Å². The van der Waals surface area contributed by atoms with Gasteiger partial charge in [-0.05, 0) is 23.8 Å². The van der Waals surface area contributed by atoms with Gasteiger partial charge < -0.3 is 4.74 Å². The highest BCUT2D eigenvalue weighted by Crippen LogP contribution is 2.36. The molecule has 0 spiro atoms. The molecule has 15 heavy (non-hydrogen) atoms. The van der Waals surface area contributed by atoms with Gasteiger partial charge >= 0.3 is 0 Å². The van der Waals surface area contributed by atoms with E-state index in [-0.39, 0.29) is 0 Å². The van der Waals surface area contributed by atoms with Crippen LogP contribution in [0.3, 0.4) is 0 Å². The van der Waals surface area contributed by atoms with Crippen LogP contribution in [-0.2, 0) is 0 Å². The van der Waals surface area contributed by atoms with Gasteiger partial charge in [-0.25, -0.2) is 0 Å². The van der Waals surface area contributed by atoms with Crippen LogP contribution in [0.1, 0.15) is 17.3 Å². The summed E-state index contributed by atoms with van der Waals surface area (Å²) in [7, 11) is 1.71. The SMILES string of the molecule is COc1ccc2ccccc2c1C(C)Br. The number of alkyl halides is 1. The molecule has 78 valence electrons. The third-order valence-corrected chi connectivity index (χ3v) is 3.01. The van der Waals surface area contributed by atoms with Crippen molar-refractivity contribution in [1.29, 1.82) is 0 Å². The van der Waals surface area contributed by atoms with Crippen molar-refractivity contribution in [2.45, 2.75) is 11.8 Å². The average Bonchev–Trinajstić information content (AvgIpc) is 2.27. The monoisotopic (exact) mass is 264 g/mol. The molecule has 0 aliphatic carbocycles. The van der Waals surface area contributed by atoms with E-state index >= 15 is 0 Å². The fourth-order valence-corrected chi connectivity index (χ4v) is 2.34. The summed E-state index contributed by atoms with van der Waals surface area (Å²) in [6.07, 6.45) is 0. The molecule has 1 unspecified atom stereocenters. The van der Waals surface area contributed by atoms with Gasteiger partial charge in [0.15, 0.2) is 0 Å². The summed E-state index contributed by atoms with van der Waals surface area (Å²) in [5, 5.41) is 2.50. The van der Waals surface area contributed by atoms with Crippen LogP contribution in [0, 0.1) is 0 Å². The molecule has 0 aliphatic heterocycles. The van der Waals surface area contributed by atoms with Crippen molar-refractivity contribution in [2.24, 2.45) is 0 Å². The van der Waals surface area contributed by atoms with Crippen LogP contribution in [0.15, 0.2) is 36.4 Å². The minimum absolute atomic E-state index is 0.290. The van der Waals surface area contributed by atoms with Crippen molar-refractivity contribution in [2.75, 3.05) is 7.11 Å². The molecule has 0 fully saturated rings. The first-order valence-electron chi connectivity index (χ1n) is 4.93. The number of hydrogen-bond acceptors (Lipinski definition) is 1. The normalized spacial score (nSPS) is 12.7. The summed E-state index contributed by atoms with van der Waals surface area (Å²) in [5.41, 5.74) is 1.22. The summed E-state index contributed by atoms with van der Waals surface area (Å²) in [5.74, 6) is 0.943. The molecule has 0 heterocycles. The average molecular weight is 265 g/mol. The van der Waals surface area contributed by atoms with Crippen LogP contribution in [0.25, 0.3) is 10.8 Å². The molecule has 0 aromatic heterocycles. The second-order valence-corrected chi connectivity index (χ2v) is 4.89. The molecule has 1 nitrogen and oxygen atoms in total. The second kappa shape index (κ2) is 4.23. The Balaban J connectivity index is 2.79. The quantitative estimate of drug-likeness (QED) is 0.735. The van der Waals surface area contributed by atoms with Crippen LogP contribution in [-0.4, -0.2) is 7.11 Å². The lowest BCUT2D eigenvalue weighted by atomic mass is 10.0. The fourth-order valence-electron chi connectivity index (χ4n) is 1.86. The third kappa shape index (κ3) is 1.86. The fraction of sp³-hybridized carbons (Fsp3) is 0.231. The van der Waals surface area contributed by atoms with Crippen molar-refractivity contribution in [3.8, 4) is 5.75 Å². The van der Waals surface area contributed by atoms with Crippen LogP contribution in [0.4, 0.5) is 0 Å². The Bertz CT molecular complexity index is 477. The lowest BCUT2D eigenvalue weighted by Gasteiger charge is -2.13. The topological polar surface area (TPSA) is 9.23 Å². The Morgan fingerprint density at radius 2 is 1.87 bits per heavy atom. The first kappa shape index (κ1) is 10.5. The largest absolute Gasteiger partial charge is 0.496 e. The smallest absolute Gasteiger partial charge is 0.123 e. The Morgan fingerprint density at radius 3 is 2.53 bits per heavy atom. The van der Waals surface area contributed by atoms with Crippen molar-refractivity contribution < 1.29 is 4.74 Å². The molecule has 0 radical (unpaired) electrons. The summed E-state index contributed by atoms with van der Waals surface area (Å²) < 4.78 is 5.38. The van der Waals surface area contributed by atoms with Gasteiger partial charge in [0.05, 0.1) is 7.11 Å². The number of rotatable bonds is 2. The van der Waals surface area contributed by atoms with E-state index in [0.717, 1.165) is 5.75 Å². The minimum Gasteiger partial charge on any atom is -0.496 e. The molecule has 0 saturated carbocycles. The highest BCUT2D eigenvalue weighted by atomic mass is 79.9. The predicted octanol–water partition coefficient (Wildman–Crippen LogP) is 4.30. The minimum atomic E-state index is 0.290. The zero-order valence-electron chi connectivity index (χ0n) is 8.83. The molecule has 0 aliphatic rings. The van der Waals surface area contributed by atoms with Gasteiger partial charge in [0.2, 0.25) is 0 Å². The molecule has 0 N–H and O–H groups in total. The third-order valence-electron chi connectivity index (χ3n) is 2.55. The van der Waals surface area contributed by atoms with Crippen LogP contribution in [0.5, 0.6) is 5.75 Å². The Kier molecular flexibility index (Phi) is 2.96. The van der Waals surface area contributed by atoms with Crippen molar-refractivity contribution in [3.63, 3.8) is 0 Å². The van der Waals surface area contributed by atoms with E-state index < -0.39 is 0 Å². The van der Waals surface area contributed by atoms with Gasteiger partial charge in [0, 0.05) is 10.4 Å². The molecular weight excluding hydrogens is 252 g/mol. The molecule has 2 aromatic carbocycles. The van der Waals surface area contributed by atoms with Gasteiger partial charge in [-0.1, -0.05) is 46.3 Å². The van der Waals surface area contributed by atoms with E-state index in [1.807, 2.05) is 6.07 Å². The van der Waals surface area contributed by atoms with E-state index in [4.69, 9.17) is 4.74 Å². The maximum absolute atomic E-state index is 5.38. The second-order valence-electron chi connectivity index (χ2n) is 3.52. The van der Waals surface area contributed by atoms with Gasteiger partial charge in [-0.3, -0.25) is 0 Å². The van der Waals surface area contributed by atoms with Crippen molar-refractivity contribution in [1.82, 2.24) is 0 Å². The lowest BCUT2D eigenvalue weighted by Crippen LogP contribution is -1.93. The first-order valence-corrected chi connectivity index (χ1v) is 5.85. The number of benzene rings is 2. The summed E-state index contributed by atoms with van der Waals surface area (Å²) in [6.45, 7) is 2.12. The van der Waals surface area contributed by atoms with Crippen molar-refractivity contribution in [3.05, 3.63) is 42.0 Å². The van der Waals surface area contributed by atoms with E-state index in [1.165, 1.54) is 16.3 Å². The van der Waals surface area contributed by atoms with E-state index in [9.17, 15) is 0 Å². The van der Waals surface area contributed by atoms with Gasteiger partial charge in [-0.15, -0.1) is 0 Å². The molecule has 0 saturated heterocycles. The van der Waals surface area contributed by atoms with Gasteiger partial charge in [-0.2, -0.15) is 0 Å². The standard InChI is InChI=1S/C13H13BrO/c1-9(14)13-11-6-4-3-5-10(11)7-8-12(13)15-2/h3-9H,1-2H3. The molecule has 2 rings (SSSR count). The number of halogens is 1. The molecule has 1 atom stereocenters. The maximum Gasteiger partial charge on any atom is 0.123 e. The number of methoxy groups -OCH3 is 1. The van der Waals surface area contributed by atoms with Gasteiger partial charge in [0.25, 0.3) is 0 Å². The number of ether oxygens (including phenoxy) is 1.